The topological polar surface area (TPSA) is 67.4 Å². The van der Waals surface area contributed by atoms with E-state index in [0.717, 1.165) is 15.5 Å². The molecule has 0 spiro atoms. The first-order valence-corrected chi connectivity index (χ1v) is 10.3. The summed E-state index contributed by atoms with van der Waals surface area (Å²) in [5.74, 6) is -5.29. The van der Waals surface area contributed by atoms with Gasteiger partial charge >= 0.3 is 6.18 Å². The van der Waals surface area contributed by atoms with Crippen molar-refractivity contribution in [3.8, 4) is 0 Å². The van der Waals surface area contributed by atoms with Crippen LogP contribution in [-0.4, -0.2) is 56.9 Å². The van der Waals surface area contributed by atoms with Gasteiger partial charge < -0.3 is 20.1 Å². The predicted molar refractivity (Wildman–Crippen MR) is 111 cm³/mol. The average Bonchev–Trinajstić information content (AvgIpc) is 3.10. The zero-order valence-corrected chi connectivity index (χ0v) is 18.5. The standard InChI is InChI=1S/C20H21F6N5OS/c1-29(2)18(32)17-15-9-30(3-4-31(15)19(28-17)20(24,25)26)16(33)7-11(27)5-10-6-13(22)14(23)8-12(10)21/h6,8,11H,3-5,7,9,27H2,1-2H3/t11-/m0/s1. The van der Waals surface area contributed by atoms with Crippen LogP contribution in [0.15, 0.2) is 12.1 Å². The third-order valence-electron chi connectivity index (χ3n) is 5.23. The Kier molecular flexibility index (Phi) is 7.03. The Balaban J connectivity index is 1.77. The van der Waals surface area contributed by atoms with Gasteiger partial charge in [-0.25, -0.2) is 18.2 Å². The van der Waals surface area contributed by atoms with Gasteiger partial charge in [-0.15, -0.1) is 0 Å². The molecule has 3 rings (SSSR count). The number of hydrogen-bond donors (Lipinski definition) is 1. The molecule has 1 aliphatic heterocycles. The summed E-state index contributed by atoms with van der Waals surface area (Å²) >= 11 is 5.39. The highest BCUT2D eigenvalue weighted by atomic mass is 32.1. The number of alkyl halides is 3. The smallest absolute Gasteiger partial charge is 0.358 e. The number of aromatic nitrogens is 2. The van der Waals surface area contributed by atoms with E-state index in [2.05, 4.69) is 4.98 Å². The van der Waals surface area contributed by atoms with E-state index in [0.29, 0.717) is 6.07 Å². The summed E-state index contributed by atoms with van der Waals surface area (Å²) in [7, 11) is 2.81. The summed E-state index contributed by atoms with van der Waals surface area (Å²) in [6, 6.07) is 0.408. The molecule has 0 aliphatic carbocycles. The molecule has 1 aromatic carbocycles. The van der Waals surface area contributed by atoms with Crippen LogP contribution in [0, 0.1) is 17.5 Å². The number of fused-ring (bicyclic) bond motifs is 1. The van der Waals surface area contributed by atoms with Crippen molar-refractivity contribution in [1.82, 2.24) is 19.4 Å². The van der Waals surface area contributed by atoms with Crippen molar-refractivity contribution in [3.63, 3.8) is 0 Å². The number of hydrogen-bond acceptors (Lipinski definition) is 4. The number of rotatable bonds is 5. The first kappa shape index (κ1) is 25.0. The van der Waals surface area contributed by atoms with Gasteiger partial charge in [-0.05, 0) is 18.1 Å². The number of nitrogens with two attached hydrogens (primary N) is 1. The molecule has 0 saturated heterocycles. The van der Waals surface area contributed by atoms with Gasteiger partial charge in [0.1, 0.15) is 5.82 Å². The van der Waals surface area contributed by atoms with Gasteiger partial charge in [0.25, 0.3) is 5.91 Å². The lowest BCUT2D eigenvalue weighted by Gasteiger charge is -2.32. The van der Waals surface area contributed by atoms with Gasteiger partial charge in [0, 0.05) is 45.7 Å². The largest absolute Gasteiger partial charge is 0.449 e. The second kappa shape index (κ2) is 9.29. The molecule has 180 valence electrons. The minimum absolute atomic E-state index is 0.0466. The molecular formula is C20H21F6N5OS. The highest BCUT2D eigenvalue weighted by Crippen LogP contribution is 2.33. The zero-order chi connectivity index (χ0) is 24.7. The fourth-order valence-electron chi connectivity index (χ4n) is 3.61. The molecule has 1 amide bonds. The fraction of sp³-hybridized carbons (Fsp3) is 0.450. The molecule has 33 heavy (non-hydrogen) atoms. The van der Waals surface area contributed by atoms with Crippen molar-refractivity contribution >= 4 is 23.1 Å². The van der Waals surface area contributed by atoms with Crippen molar-refractivity contribution in [1.29, 1.82) is 0 Å². The van der Waals surface area contributed by atoms with Crippen LogP contribution < -0.4 is 5.73 Å². The number of imidazole rings is 1. The molecule has 0 unspecified atom stereocenters. The van der Waals surface area contributed by atoms with Gasteiger partial charge in [0.15, 0.2) is 17.3 Å². The summed E-state index contributed by atoms with van der Waals surface area (Å²) in [5.41, 5.74) is 5.67. The van der Waals surface area contributed by atoms with Crippen molar-refractivity contribution in [2.75, 3.05) is 20.6 Å². The highest BCUT2D eigenvalue weighted by Gasteiger charge is 2.41. The summed E-state index contributed by atoms with van der Waals surface area (Å²) in [5, 5.41) is 0. The van der Waals surface area contributed by atoms with E-state index in [1.165, 1.54) is 14.1 Å². The predicted octanol–water partition coefficient (Wildman–Crippen LogP) is 3.12. The summed E-state index contributed by atoms with van der Waals surface area (Å²) in [6.45, 7) is -0.0821. The number of thiocarbonyl (C=S) groups is 1. The second-order valence-electron chi connectivity index (χ2n) is 7.92. The van der Waals surface area contributed by atoms with Crippen LogP contribution >= 0.6 is 12.2 Å². The molecular weight excluding hydrogens is 472 g/mol. The van der Waals surface area contributed by atoms with Crippen LogP contribution in [-0.2, 0) is 25.7 Å². The van der Waals surface area contributed by atoms with Gasteiger partial charge in [0.05, 0.1) is 17.2 Å². The van der Waals surface area contributed by atoms with Gasteiger partial charge in [-0.1, -0.05) is 12.2 Å². The molecule has 1 aromatic heterocycles. The SMILES string of the molecule is CN(C)C(=O)c1nc(C(F)(F)F)n2c1CN(C(=S)C[C@@H](N)Cc1cc(F)c(F)cc1F)CC2. The van der Waals surface area contributed by atoms with E-state index in [1.54, 1.807) is 4.90 Å². The van der Waals surface area contributed by atoms with Crippen molar-refractivity contribution in [3.05, 3.63) is 52.4 Å². The van der Waals surface area contributed by atoms with Crippen LogP contribution in [0.5, 0.6) is 0 Å². The lowest BCUT2D eigenvalue weighted by Crippen LogP contribution is -2.41. The third kappa shape index (κ3) is 5.29. The van der Waals surface area contributed by atoms with Crippen LogP contribution in [0.1, 0.15) is 34.0 Å². The molecule has 2 N–H and O–H groups in total. The molecule has 2 aromatic rings. The van der Waals surface area contributed by atoms with Crippen molar-refractivity contribution < 1.29 is 31.1 Å². The highest BCUT2D eigenvalue weighted by molar-refractivity contribution is 7.80. The molecule has 0 bridgehead atoms. The third-order valence-corrected chi connectivity index (χ3v) is 5.65. The Morgan fingerprint density at radius 3 is 2.42 bits per heavy atom. The Hall–Kier alpha value is -2.67. The maximum atomic E-state index is 13.9. The molecule has 13 heteroatoms. The fourth-order valence-corrected chi connectivity index (χ4v) is 3.98. The van der Waals surface area contributed by atoms with Crippen LogP contribution in [0.3, 0.4) is 0 Å². The lowest BCUT2D eigenvalue weighted by molar-refractivity contribution is -0.147. The van der Waals surface area contributed by atoms with E-state index in [4.69, 9.17) is 18.0 Å². The Labute approximate surface area is 191 Å². The maximum absolute atomic E-state index is 13.9. The number of benzene rings is 1. The molecule has 1 aliphatic rings. The van der Waals surface area contributed by atoms with E-state index >= 15 is 0 Å². The van der Waals surface area contributed by atoms with E-state index in [1.807, 2.05) is 0 Å². The van der Waals surface area contributed by atoms with Gasteiger partial charge in [-0.2, -0.15) is 13.2 Å². The van der Waals surface area contributed by atoms with Crippen LogP contribution in [0.2, 0.25) is 0 Å². The van der Waals surface area contributed by atoms with E-state index in [9.17, 15) is 31.1 Å². The summed E-state index contributed by atoms with van der Waals surface area (Å²) in [4.78, 5) is 19.0. The lowest BCUT2D eigenvalue weighted by atomic mass is 10.0. The minimum atomic E-state index is -4.74. The number of carbonyl (C=O) groups excluding carboxylic acids is 1. The second-order valence-corrected chi connectivity index (χ2v) is 8.39. The van der Waals surface area contributed by atoms with Gasteiger partial charge in [0.2, 0.25) is 5.82 Å². The summed E-state index contributed by atoms with van der Waals surface area (Å²) in [6.07, 6.45) is -4.82. The summed E-state index contributed by atoms with van der Waals surface area (Å²) < 4.78 is 81.7. The van der Waals surface area contributed by atoms with E-state index < -0.39 is 41.4 Å². The average molecular weight is 493 g/mol. The molecule has 0 fully saturated rings. The molecule has 2 heterocycles. The Morgan fingerprint density at radius 2 is 1.82 bits per heavy atom. The maximum Gasteiger partial charge on any atom is 0.449 e. The number of nitrogens with zero attached hydrogens (tertiary/aromatic N) is 4. The Bertz CT molecular complexity index is 1080. The van der Waals surface area contributed by atoms with Crippen molar-refractivity contribution in [2.45, 2.75) is 38.1 Å². The van der Waals surface area contributed by atoms with E-state index in [-0.39, 0.29) is 54.4 Å². The first-order chi connectivity index (χ1) is 15.3. The van der Waals surface area contributed by atoms with Crippen molar-refractivity contribution in [2.24, 2.45) is 5.73 Å². The first-order valence-electron chi connectivity index (χ1n) is 9.84. The minimum Gasteiger partial charge on any atom is -0.358 e. The molecule has 1 atom stereocenters. The van der Waals surface area contributed by atoms with Gasteiger partial charge in [-0.3, -0.25) is 4.79 Å². The molecule has 6 nitrogen and oxygen atoms in total. The van der Waals surface area contributed by atoms with Crippen LogP contribution in [0.25, 0.3) is 0 Å². The number of carbonyl (C=O) groups is 1. The monoisotopic (exact) mass is 493 g/mol. The quantitative estimate of drug-likeness (QED) is 0.394. The molecule has 0 radical (unpaired) electrons. The number of amides is 1. The zero-order valence-electron chi connectivity index (χ0n) is 17.7. The normalized spacial score (nSPS) is 14.8. The number of halogens is 6. The van der Waals surface area contributed by atoms with Crippen LogP contribution in [0.4, 0.5) is 26.3 Å². The Morgan fingerprint density at radius 1 is 1.18 bits per heavy atom. The molecule has 0 saturated carbocycles.